The van der Waals surface area contributed by atoms with Crippen molar-refractivity contribution < 1.29 is 24.1 Å². The first-order chi connectivity index (χ1) is 6.04. The fraction of sp³-hybridized carbons (Fsp3) is 0.875. The number of hydrogen-bond acceptors (Lipinski definition) is 4. The summed E-state index contributed by atoms with van der Waals surface area (Å²) in [5, 5.41) is 8.87. The van der Waals surface area contributed by atoms with Gasteiger partial charge in [0.05, 0.1) is 0 Å². The molecular weight excluding hydrogens is 176 g/mol. The molecule has 0 heterocycles. The molecule has 0 aliphatic heterocycles. The minimum absolute atomic E-state index is 0.221. The zero-order valence-corrected chi connectivity index (χ0v) is 7.99. The van der Waals surface area contributed by atoms with Crippen LogP contribution in [0.1, 0.15) is 12.8 Å². The second-order valence-electron chi connectivity index (χ2n) is 3.18. The maximum atomic E-state index is 10.8. The Morgan fingerprint density at radius 2 is 1.62 bits per heavy atom. The highest BCUT2D eigenvalue weighted by Gasteiger charge is 2.61. The third-order valence-electron chi connectivity index (χ3n) is 2.63. The van der Waals surface area contributed by atoms with Crippen LogP contribution < -0.4 is 0 Å². The third-order valence-corrected chi connectivity index (χ3v) is 2.63. The lowest BCUT2D eigenvalue weighted by Gasteiger charge is -2.50. The normalized spacial score (nSPS) is 23.6. The quantitative estimate of drug-likeness (QED) is 0.643. The highest BCUT2D eigenvalue weighted by molar-refractivity contribution is 5.79. The summed E-state index contributed by atoms with van der Waals surface area (Å²) >= 11 is 0. The van der Waals surface area contributed by atoms with Gasteiger partial charge in [-0.1, -0.05) is 0 Å². The van der Waals surface area contributed by atoms with Gasteiger partial charge in [-0.2, -0.15) is 0 Å². The molecular formula is C8H14O5. The Morgan fingerprint density at radius 3 is 1.85 bits per heavy atom. The van der Waals surface area contributed by atoms with Crippen LogP contribution in [0.15, 0.2) is 0 Å². The molecule has 0 atom stereocenters. The Morgan fingerprint density at radius 1 is 1.15 bits per heavy atom. The topological polar surface area (TPSA) is 65.0 Å². The number of rotatable bonds is 4. The van der Waals surface area contributed by atoms with Crippen molar-refractivity contribution in [2.45, 2.75) is 24.2 Å². The van der Waals surface area contributed by atoms with Gasteiger partial charge >= 0.3 is 5.97 Å². The number of aliphatic carboxylic acids is 1. The van der Waals surface area contributed by atoms with E-state index >= 15 is 0 Å². The first-order valence-electron chi connectivity index (χ1n) is 3.93. The molecule has 5 heteroatoms. The monoisotopic (exact) mass is 190 g/mol. The average Bonchev–Trinajstić information content (AvgIpc) is 2.05. The molecule has 0 spiro atoms. The minimum atomic E-state index is -1.13. The summed E-state index contributed by atoms with van der Waals surface area (Å²) in [6.07, 6.45) is 0.442. The molecule has 1 aliphatic carbocycles. The van der Waals surface area contributed by atoms with Crippen LogP contribution in [0.5, 0.6) is 0 Å². The zero-order valence-electron chi connectivity index (χ0n) is 7.99. The Balaban J connectivity index is 2.67. The van der Waals surface area contributed by atoms with Crippen molar-refractivity contribution in [3.8, 4) is 0 Å². The van der Waals surface area contributed by atoms with E-state index in [-0.39, 0.29) is 12.8 Å². The van der Waals surface area contributed by atoms with E-state index in [2.05, 4.69) is 0 Å². The van der Waals surface area contributed by atoms with Gasteiger partial charge in [0.2, 0.25) is 0 Å². The molecule has 1 rings (SSSR count). The predicted molar refractivity (Wildman–Crippen MR) is 43.4 cm³/mol. The van der Waals surface area contributed by atoms with Gasteiger partial charge in [-0.15, -0.1) is 0 Å². The molecule has 0 radical (unpaired) electrons. The van der Waals surface area contributed by atoms with Crippen LogP contribution in [-0.4, -0.2) is 43.8 Å². The Labute approximate surface area is 76.6 Å². The van der Waals surface area contributed by atoms with E-state index in [1.807, 2.05) is 0 Å². The van der Waals surface area contributed by atoms with Gasteiger partial charge in [0.1, 0.15) is 0 Å². The molecule has 1 fully saturated rings. The lowest BCUT2D eigenvalue weighted by Crippen LogP contribution is -2.63. The number of ether oxygens (including phenoxy) is 3. The predicted octanol–water partition coefficient (Wildman–Crippen LogP) is 0.239. The van der Waals surface area contributed by atoms with Crippen LogP contribution in [0.25, 0.3) is 0 Å². The lowest BCUT2D eigenvalue weighted by atomic mass is 9.74. The molecule has 0 unspecified atom stereocenters. The van der Waals surface area contributed by atoms with E-state index in [0.717, 1.165) is 0 Å². The van der Waals surface area contributed by atoms with E-state index in [1.54, 1.807) is 0 Å². The molecule has 0 saturated heterocycles. The molecule has 13 heavy (non-hydrogen) atoms. The standard InChI is InChI=1S/C8H14O5/c1-11-7(6(9)10)4-8(5-7,12-2)13-3/h4-5H2,1-3H3,(H,9,10). The van der Waals surface area contributed by atoms with Crippen LogP contribution in [0.4, 0.5) is 0 Å². The van der Waals surface area contributed by atoms with E-state index in [4.69, 9.17) is 19.3 Å². The van der Waals surface area contributed by atoms with Gasteiger partial charge < -0.3 is 19.3 Å². The van der Waals surface area contributed by atoms with Gasteiger partial charge in [-0.05, 0) is 0 Å². The molecule has 1 saturated carbocycles. The summed E-state index contributed by atoms with van der Waals surface area (Å²) in [4.78, 5) is 10.8. The molecule has 5 nitrogen and oxygen atoms in total. The Bertz CT molecular complexity index is 201. The van der Waals surface area contributed by atoms with Gasteiger partial charge in [0.25, 0.3) is 0 Å². The zero-order chi connectivity index (χ0) is 10.1. The Hall–Kier alpha value is -0.650. The second-order valence-corrected chi connectivity index (χ2v) is 3.18. The van der Waals surface area contributed by atoms with Crippen LogP contribution in [-0.2, 0) is 19.0 Å². The van der Waals surface area contributed by atoms with Gasteiger partial charge in [-0.3, -0.25) is 0 Å². The molecule has 0 aromatic rings. The molecule has 0 amide bonds. The molecule has 0 aromatic carbocycles. The van der Waals surface area contributed by atoms with Crippen LogP contribution in [0.3, 0.4) is 0 Å². The van der Waals surface area contributed by atoms with Crippen molar-refractivity contribution in [1.29, 1.82) is 0 Å². The maximum Gasteiger partial charge on any atom is 0.336 e. The van der Waals surface area contributed by atoms with Crippen molar-refractivity contribution in [3.05, 3.63) is 0 Å². The number of hydrogen-bond donors (Lipinski definition) is 1. The molecule has 1 aliphatic rings. The molecule has 0 bridgehead atoms. The highest BCUT2D eigenvalue weighted by atomic mass is 16.7. The lowest BCUT2D eigenvalue weighted by molar-refractivity contribution is -0.314. The molecule has 76 valence electrons. The largest absolute Gasteiger partial charge is 0.479 e. The number of carboxylic acid groups (broad SMARTS) is 1. The summed E-state index contributed by atoms with van der Waals surface area (Å²) in [5.41, 5.74) is -1.13. The summed E-state index contributed by atoms with van der Waals surface area (Å²) in [5.74, 6) is -1.76. The summed E-state index contributed by atoms with van der Waals surface area (Å²) in [7, 11) is 4.36. The fourth-order valence-electron chi connectivity index (χ4n) is 1.57. The smallest absolute Gasteiger partial charge is 0.336 e. The molecule has 0 aromatic heterocycles. The number of carboxylic acids is 1. The van der Waals surface area contributed by atoms with Crippen LogP contribution >= 0.6 is 0 Å². The van der Waals surface area contributed by atoms with Crippen LogP contribution in [0, 0.1) is 0 Å². The Kier molecular flexibility index (Phi) is 2.61. The van der Waals surface area contributed by atoms with E-state index in [0.29, 0.717) is 0 Å². The van der Waals surface area contributed by atoms with E-state index < -0.39 is 17.4 Å². The van der Waals surface area contributed by atoms with Crippen LogP contribution in [0.2, 0.25) is 0 Å². The van der Waals surface area contributed by atoms with Crippen molar-refractivity contribution in [2.24, 2.45) is 0 Å². The summed E-state index contributed by atoms with van der Waals surface area (Å²) < 4.78 is 15.1. The highest BCUT2D eigenvalue weighted by Crippen LogP contribution is 2.46. The third kappa shape index (κ3) is 1.43. The summed E-state index contributed by atoms with van der Waals surface area (Å²) in [6, 6.07) is 0. The van der Waals surface area contributed by atoms with Crippen molar-refractivity contribution in [3.63, 3.8) is 0 Å². The number of methoxy groups -OCH3 is 3. The van der Waals surface area contributed by atoms with Gasteiger partial charge in [-0.25, -0.2) is 4.79 Å². The van der Waals surface area contributed by atoms with Crippen molar-refractivity contribution in [1.82, 2.24) is 0 Å². The summed E-state index contributed by atoms with van der Waals surface area (Å²) in [6.45, 7) is 0. The fourth-order valence-corrected chi connectivity index (χ4v) is 1.57. The van der Waals surface area contributed by atoms with E-state index in [9.17, 15) is 4.79 Å². The van der Waals surface area contributed by atoms with Crippen molar-refractivity contribution >= 4 is 5.97 Å². The van der Waals surface area contributed by atoms with Gasteiger partial charge in [0, 0.05) is 34.2 Å². The first-order valence-corrected chi connectivity index (χ1v) is 3.93. The second kappa shape index (κ2) is 3.25. The maximum absolute atomic E-state index is 10.8. The van der Waals surface area contributed by atoms with E-state index in [1.165, 1.54) is 21.3 Å². The minimum Gasteiger partial charge on any atom is -0.479 e. The molecule has 1 N–H and O–H groups in total. The SMILES string of the molecule is COC1(OC)CC(OC)(C(=O)O)C1. The number of carbonyl (C=O) groups is 1. The average molecular weight is 190 g/mol. The first kappa shape index (κ1) is 10.4. The van der Waals surface area contributed by atoms with Crippen molar-refractivity contribution in [2.75, 3.05) is 21.3 Å². The van der Waals surface area contributed by atoms with Gasteiger partial charge in [0.15, 0.2) is 11.4 Å².